The first-order valence-electron chi connectivity index (χ1n) is 10.3. The molecule has 0 unspecified atom stereocenters. The van der Waals surface area contributed by atoms with Gasteiger partial charge in [-0.05, 0) is 48.9 Å². The third kappa shape index (κ3) is 5.67. The first-order valence-corrected chi connectivity index (χ1v) is 11.3. The zero-order valence-electron chi connectivity index (χ0n) is 18.3. The first-order chi connectivity index (χ1) is 16.1. The Balaban J connectivity index is 1.49. The highest BCUT2D eigenvalue weighted by Crippen LogP contribution is 2.28. The van der Waals surface area contributed by atoms with E-state index in [9.17, 15) is 4.79 Å². The summed E-state index contributed by atoms with van der Waals surface area (Å²) in [5.74, 6) is 1.38. The Labute approximate surface area is 196 Å². The van der Waals surface area contributed by atoms with E-state index in [1.807, 2.05) is 90.4 Å². The van der Waals surface area contributed by atoms with Crippen molar-refractivity contribution in [1.29, 1.82) is 0 Å². The van der Waals surface area contributed by atoms with Crippen LogP contribution in [0.2, 0.25) is 0 Å². The highest BCUT2D eigenvalue weighted by Gasteiger charge is 2.17. The van der Waals surface area contributed by atoms with Crippen molar-refractivity contribution in [2.24, 2.45) is 5.10 Å². The molecule has 0 aliphatic heterocycles. The van der Waals surface area contributed by atoms with E-state index in [-0.39, 0.29) is 11.7 Å². The zero-order chi connectivity index (χ0) is 23.0. The van der Waals surface area contributed by atoms with Crippen molar-refractivity contribution in [2.45, 2.75) is 12.1 Å². The summed E-state index contributed by atoms with van der Waals surface area (Å²) in [6.45, 7) is 2.02. The molecule has 0 fully saturated rings. The van der Waals surface area contributed by atoms with Gasteiger partial charge < -0.3 is 4.74 Å². The maximum absolute atomic E-state index is 12.3. The van der Waals surface area contributed by atoms with Crippen LogP contribution in [0.4, 0.5) is 0 Å². The van der Waals surface area contributed by atoms with Crippen LogP contribution in [0.1, 0.15) is 11.1 Å². The number of ether oxygens (including phenoxy) is 1. The van der Waals surface area contributed by atoms with E-state index in [1.54, 1.807) is 13.3 Å². The van der Waals surface area contributed by atoms with Crippen LogP contribution in [0.15, 0.2) is 89.1 Å². The molecule has 0 atom stereocenters. The van der Waals surface area contributed by atoms with Crippen LogP contribution in [0.25, 0.3) is 17.1 Å². The number of nitrogens with zero attached hydrogens (tertiary/aromatic N) is 4. The fraction of sp³-hybridized carbons (Fsp3) is 0.120. The summed E-state index contributed by atoms with van der Waals surface area (Å²) >= 11 is 1.30. The molecule has 1 heterocycles. The monoisotopic (exact) mass is 457 g/mol. The molecule has 0 radical (unpaired) electrons. The van der Waals surface area contributed by atoms with E-state index in [0.29, 0.717) is 11.0 Å². The summed E-state index contributed by atoms with van der Waals surface area (Å²) in [5.41, 5.74) is 6.46. The predicted octanol–water partition coefficient (Wildman–Crippen LogP) is 4.49. The van der Waals surface area contributed by atoms with E-state index < -0.39 is 0 Å². The Morgan fingerprint density at radius 3 is 2.45 bits per heavy atom. The Morgan fingerprint density at radius 1 is 1.03 bits per heavy atom. The van der Waals surface area contributed by atoms with Crippen molar-refractivity contribution < 1.29 is 9.53 Å². The van der Waals surface area contributed by atoms with E-state index >= 15 is 0 Å². The standard InChI is InChI=1S/C25H23N5O2S/c1-18-8-10-19(11-9-18)16-26-27-23(31)17-33-25-29-28-24(20-12-14-22(32-2)15-13-20)30(25)21-6-4-3-5-7-21/h3-16H,17H2,1-2H3,(H,27,31)/b26-16-. The molecule has 0 aliphatic rings. The minimum absolute atomic E-state index is 0.152. The van der Waals surface area contributed by atoms with E-state index in [4.69, 9.17) is 4.74 Å². The fourth-order valence-corrected chi connectivity index (χ4v) is 3.84. The lowest BCUT2D eigenvalue weighted by atomic mass is 10.2. The lowest BCUT2D eigenvalue weighted by Gasteiger charge is -2.10. The van der Waals surface area contributed by atoms with Crippen LogP contribution in [0.5, 0.6) is 5.75 Å². The van der Waals surface area contributed by atoms with Gasteiger partial charge in [-0.2, -0.15) is 5.10 Å². The fourth-order valence-electron chi connectivity index (χ4n) is 3.09. The molecule has 7 nitrogen and oxygen atoms in total. The van der Waals surface area contributed by atoms with Gasteiger partial charge in [0.05, 0.1) is 19.1 Å². The summed E-state index contributed by atoms with van der Waals surface area (Å²) in [6.07, 6.45) is 1.62. The van der Waals surface area contributed by atoms with Gasteiger partial charge in [-0.15, -0.1) is 10.2 Å². The van der Waals surface area contributed by atoms with Gasteiger partial charge in [-0.3, -0.25) is 9.36 Å². The number of hydrazone groups is 1. The number of hydrogen-bond acceptors (Lipinski definition) is 6. The largest absolute Gasteiger partial charge is 0.497 e. The van der Waals surface area contributed by atoms with Crippen LogP contribution >= 0.6 is 11.8 Å². The van der Waals surface area contributed by atoms with Crippen molar-refractivity contribution in [1.82, 2.24) is 20.2 Å². The molecule has 4 rings (SSSR count). The Hall–Kier alpha value is -3.91. The van der Waals surface area contributed by atoms with Gasteiger partial charge in [-0.25, -0.2) is 5.43 Å². The maximum atomic E-state index is 12.3. The summed E-state index contributed by atoms with van der Waals surface area (Å²) < 4.78 is 7.19. The average molecular weight is 458 g/mol. The summed E-state index contributed by atoms with van der Waals surface area (Å²) in [6, 6.07) is 25.3. The minimum Gasteiger partial charge on any atom is -0.497 e. The third-order valence-electron chi connectivity index (χ3n) is 4.81. The second-order valence-corrected chi connectivity index (χ2v) is 8.14. The molecule has 8 heteroatoms. The van der Waals surface area contributed by atoms with E-state index in [2.05, 4.69) is 20.7 Å². The normalized spacial score (nSPS) is 11.0. The van der Waals surface area contributed by atoms with Gasteiger partial charge in [0.15, 0.2) is 11.0 Å². The second-order valence-electron chi connectivity index (χ2n) is 7.20. The Bertz CT molecular complexity index is 1240. The van der Waals surface area contributed by atoms with Crippen molar-refractivity contribution in [3.63, 3.8) is 0 Å². The number of methoxy groups -OCH3 is 1. The zero-order valence-corrected chi connectivity index (χ0v) is 19.1. The Morgan fingerprint density at radius 2 is 1.76 bits per heavy atom. The number of aromatic nitrogens is 3. The number of carbonyl (C=O) groups is 1. The van der Waals surface area contributed by atoms with Crippen molar-refractivity contribution in [3.05, 3.63) is 90.0 Å². The quantitative estimate of drug-likeness (QED) is 0.239. The number of carbonyl (C=O) groups excluding carboxylic acids is 1. The topological polar surface area (TPSA) is 81.4 Å². The molecule has 0 saturated heterocycles. The first kappa shape index (κ1) is 22.3. The summed E-state index contributed by atoms with van der Waals surface area (Å²) in [5, 5.41) is 13.4. The molecule has 1 N–H and O–H groups in total. The lowest BCUT2D eigenvalue weighted by Crippen LogP contribution is -2.20. The molecule has 3 aromatic carbocycles. The summed E-state index contributed by atoms with van der Waals surface area (Å²) in [7, 11) is 1.63. The molecule has 1 aromatic heterocycles. The molecule has 0 spiro atoms. The maximum Gasteiger partial charge on any atom is 0.250 e. The van der Waals surface area contributed by atoms with Gasteiger partial charge >= 0.3 is 0 Å². The lowest BCUT2D eigenvalue weighted by molar-refractivity contribution is -0.118. The average Bonchev–Trinajstić information content (AvgIpc) is 3.28. The van der Waals surface area contributed by atoms with Crippen molar-refractivity contribution in [3.8, 4) is 22.8 Å². The van der Waals surface area contributed by atoms with Crippen LogP contribution in [-0.4, -0.2) is 39.7 Å². The molecule has 166 valence electrons. The number of nitrogens with one attached hydrogen (secondary N) is 1. The predicted molar refractivity (Wildman–Crippen MR) is 131 cm³/mol. The molecule has 0 bridgehead atoms. The van der Waals surface area contributed by atoms with Gasteiger partial charge in [0.2, 0.25) is 0 Å². The van der Waals surface area contributed by atoms with Gasteiger partial charge in [0.25, 0.3) is 5.91 Å². The van der Waals surface area contributed by atoms with Crippen molar-refractivity contribution in [2.75, 3.05) is 12.9 Å². The molecule has 0 aliphatic carbocycles. The number of thioether (sulfide) groups is 1. The number of hydrogen-bond donors (Lipinski definition) is 1. The number of benzene rings is 3. The Kier molecular flexibility index (Phi) is 7.16. The number of rotatable bonds is 8. The van der Waals surface area contributed by atoms with E-state index in [0.717, 1.165) is 22.6 Å². The SMILES string of the molecule is COc1ccc(-c2nnc(SCC(=O)N/N=C\c3ccc(C)cc3)n2-c2ccccc2)cc1. The molecule has 4 aromatic rings. The minimum atomic E-state index is -0.225. The molecule has 0 saturated carbocycles. The van der Waals surface area contributed by atoms with Crippen LogP contribution in [0.3, 0.4) is 0 Å². The molecular weight excluding hydrogens is 434 g/mol. The van der Waals surface area contributed by atoms with Crippen molar-refractivity contribution >= 4 is 23.9 Å². The van der Waals surface area contributed by atoms with Gasteiger partial charge in [0.1, 0.15) is 5.75 Å². The third-order valence-corrected chi connectivity index (χ3v) is 5.74. The second kappa shape index (κ2) is 10.6. The molecule has 33 heavy (non-hydrogen) atoms. The molecular formula is C25H23N5O2S. The summed E-state index contributed by atoms with van der Waals surface area (Å²) in [4.78, 5) is 12.3. The van der Waals surface area contributed by atoms with Gasteiger partial charge in [-0.1, -0.05) is 59.8 Å². The highest BCUT2D eigenvalue weighted by molar-refractivity contribution is 7.99. The number of para-hydroxylation sites is 1. The number of amides is 1. The smallest absolute Gasteiger partial charge is 0.250 e. The number of aryl methyl sites for hydroxylation is 1. The van der Waals surface area contributed by atoms with Crippen LogP contribution < -0.4 is 10.2 Å². The van der Waals surface area contributed by atoms with Crippen LogP contribution in [-0.2, 0) is 4.79 Å². The van der Waals surface area contributed by atoms with Crippen LogP contribution in [0, 0.1) is 6.92 Å². The highest BCUT2D eigenvalue weighted by atomic mass is 32.2. The van der Waals surface area contributed by atoms with Gasteiger partial charge in [0, 0.05) is 11.3 Å². The molecule has 1 amide bonds. The van der Waals surface area contributed by atoms with E-state index in [1.165, 1.54) is 17.3 Å².